The fourth-order valence-electron chi connectivity index (χ4n) is 2.95. The third-order valence-corrected chi connectivity index (χ3v) is 4.63. The molecule has 3 N–H and O–H groups in total. The molecule has 0 spiro atoms. The van der Waals surface area contributed by atoms with Gasteiger partial charge in [-0.05, 0) is 29.2 Å². The van der Waals surface area contributed by atoms with Crippen LogP contribution in [0.4, 0.5) is 0 Å². The zero-order valence-corrected chi connectivity index (χ0v) is 12.1. The summed E-state index contributed by atoms with van der Waals surface area (Å²) in [5, 5.41) is 11.0. The molecule has 2 atom stereocenters. The lowest BCUT2D eigenvalue weighted by atomic mass is 9.89. The van der Waals surface area contributed by atoms with E-state index in [0.29, 0.717) is 12.8 Å². The summed E-state index contributed by atoms with van der Waals surface area (Å²) >= 11 is 3.54. The van der Waals surface area contributed by atoms with Gasteiger partial charge in [-0.3, -0.25) is 0 Å². The fourth-order valence-corrected chi connectivity index (χ4v) is 3.38. The predicted octanol–water partition coefficient (Wildman–Crippen LogP) is 3.28. The molecule has 3 rings (SSSR count). The van der Waals surface area contributed by atoms with Crippen molar-refractivity contribution in [3.63, 3.8) is 0 Å². The molecule has 2 aromatic rings. The summed E-state index contributed by atoms with van der Waals surface area (Å²) in [5.74, 6) is 0. The topological polar surface area (TPSA) is 46.2 Å². The Labute approximate surface area is 121 Å². The lowest BCUT2D eigenvalue weighted by Crippen LogP contribution is -2.26. The molecule has 1 aliphatic rings. The summed E-state index contributed by atoms with van der Waals surface area (Å²) in [6.07, 6.45) is 1.16. The summed E-state index contributed by atoms with van der Waals surface area (Å²) < 4.78 is 1.03. The first-order valence-electron chi connectivity index (χ1n) is 6.41. The summed E-state index contributed by atoms with van der Waals surface area (Å²) in [5.41, 5.74) is 8.42. The van der Waals surface area contributed by atoms with Crippen LogP contribution in [0.15, 0.2) is 53.0 Å². The number of rotatable bonds is 2. The minimum absolute atomic E-state index is 0.0799. The highest BCUT2D eigenvalue weighted by Crippen LogP contribution is 2.44. The molecule has 0 bridgehead atoms. The number of nitrogens with two attached hydrogens (primary N) is 1. The molecule has 0 saturated heterocycles. The van der Waals surface area contributed by atoms with Gasteiger partial charge in [0, 0.05) is 16.9 Å². The van der Waals surface area contributed by atoms with E-state index in [9.17, 15) is 5.11 Å². The number of hydrogen-bond donors (Lipinski definition) is 2. The van der Waals surface area contributed by atoms with Crippen LogP contribution in [0.3, 0.4) is 0 Å². The quantitative estimate of drug-likeness (QED) is 0.892. The molecule has 0 saturated carbocycles. The van der Waals surface area contributed by atoms with Crippen LogP contribution >= 0.6 is 15.9 Å². The normalized spacial score (nSPS) is 25.3. The van der Waals surface area contributed by atoms with Crippen molar-refractivity contribution in [3.8, 4) is 0 Å². The molecular weight excluding hydrogens is 302 g/mol. The van der Waals surface area contributed by atoms with E-state index in [2.05, 4.69) is 15.9 Å². The van der Waals surface area contributed by atoms with Crippen molar-refractivity contribution in [2.75, 3.05) is 0 Å². The molecular formula is C16H16BrNO. The van der Waals surface area contributed by atoms with Gasteiger partial charge in [0.2, 0.25) is 0 Å². The number of aliphatic hydroxyl groups is 1. The number of fused-ring (bicyclic) bond motifs is 1. The summed E-state index contributed by atoms with van der Waals surface area (Å²) in [6, 6.07) is 15.9. The standard InChI is InChI=1S/C16H16BrNO/c17-14-8-4-1-5-11(14)9-16(19)10-15(18)12-6-2-3-7-13(12)16/h1-8,15,19H,9-10,18H2. The van der Waals surface area contributed by atoms with Crippen molar-refractivity contribution >= 4 is 15.9 Å². The fraction of sp³-hybridized carbons (Fsp3) is 0.250. The molecule has 19 heavy (non-hydrogen) atoms. The zero-order chi connectivity index (χ0) is 13.5. The molecule has 0 amide bonds. The van der Waals surface area contributed by atoms with Crippen molar-refractivity contribution in [2.45, 2.75) is 24.5 Å². The van der Waals surface area contributed by atoms with E-state index < -0.39 is 5.60 Å². The van der Waals surface area contributed by atoms with E-state index in [1.54, 1.807) is 0 Å². The Balaban J connectivity index is 2.00. The van der Waals surface area contributed by atoms with E-state index in [-0.39, 0.29) is 6.04 Å². The molecule has 0 fully saturated rings. The first-order valence-corrected chi connectivity index (χ1v) is 7.20. The molecule has 3 heteroatoms. The molecule has 0 aromatic heterocycles. The Bertz CT molecular complexity index is 613. The maximum atomic E-state index is 11.0. The second-order valence-corrected chi connectivity index (χ2v) is 6.05. The van der Waals surface area contributed by atoms with Crippen LogP contribution in [0.25, 0.3) is 0 Å². The van der Waals surface area contributed by atoms with Gasteiger partial charge in [0.05, 0.1) is 5.60 Å². The van der Waals surface area contributed by atoms with Crippen molar-refractivity contribution in [1.82, 2.24) is 0 Å². The Morgan fingerprint density at radius 2 is 1.84 bits per heavy atom. The molecule has 0 heterocycles. The van der Waals surface area contributed by atoms with Gasteiger partial charge in [0.1, 0.15) is 0 Å². The third kappa shape index (κ3) is 2.22. The van der Waals surface area contributed by atoms with Crippen LogP contribution in [0.2, 0.25) is 0 Å². The number of halogens is 1. The zero-order valence-electron chi connectivity index (χ0n) is 10.5. The molecule has 2 aromatic carbocycles. The SMILES string of the molecule is NC1CC(O)(Cc2ccccc2Br)c2ccccc21. The minimum Gasteiger partial charge on any atom is -0.385 e. The van der Waals surface area contributed by atoms with Gasteiger partial charge >= 0.3 is 0 Å². The number of hydrogen-bond acceptors (Lipinski definition) is 2. The Morgan fingerprint density at radius 1 is 1.16 bits per heavy atom. The Kier molecular flexibility index (Phi) is 3.21. The maximum absolute atomic E-state index is 11.0. The monoisotopic (exact) mass is 317 g/mol. The Hall–Kier alpha value is -1.16. The summed E-state index contributed by atoms with van der Waals surface area (Å²) in [6.45, 7) is 0. The second kappa shape index (κ2) is 4.75. The Morgan fingerprint density at radius 3 is 2.63 bits per heavy atom. The van der Waals surface area contributed by atoms with Gasteiger partial charge in [-0.2, -0.15) is 0 Å². The van der Waals surface area contributed by atoms with Gasteiger partial charge < -0.3 is 10.8 Å². The van der Waals surface area contributed by atoms with Crippen LogP contribution in [0, 0.1) is 0 Å². The van der Waals surface area contributed by atoms with E-state index >= 15 is 0 Å². The highest BCUT2D eigenvalue weighted by Gasteiger charge is 2.40. The lowest BCUT2D eigenvalue weighted by molar-refractivity contribution is 0.0340. The maximum Gasteiger partial charge on any atom is 0.0958 e. The number of benzene rings is 2. The smallest absolute Gasteiger partial charge is 0.0958 e. The van der Waals surface area contributed by atoms with Crippen LogP contribution in [-0.2, 0) is 12.0 Å². The van der Waals surface area contributed by atoms with Crippen LogP contribution < -0.4 is 5.73 Å². The molecule has 0 radical (unpaired) electrons. The highest BCUT2D eigenvalue weighted by atomic mass is 79.9. The summed E-state index contributed by atoms with van der Waals surface area (Å²) in [7, 11) is 0. The lowest BCUT2D eigenvalue weighted by Gasteiger charge is -2.25. The summed E-state index contributed by atoms with van der Waals surface area (Å²) in [4.78, 5) is 0. The van der Waals surface area contributed by atoms with E-state index in [1.165, 1.54) is 0 Å². The van der Waals surface area contributed by atoms with Crippen molar-refractivity contribution < 1.29 is 5.11 Å². The van der Waals surface area contributed by atoms with Gasteiger partial charge in [0.25, 0.3) is 0 Å². The van der Waals surface area contributed by atoms with Crippen molar-refractivity contribution in [2.24, 2.45) is 5.73 Å². The van der Waals surface area contributed by atoms with E-state index in [1.807, 2.05) is 48.5 Å². The van der Waals surface area contributed by atoms with Crippen LogP contribution in [0.5, 0.6) is 0 Å². The average Bonchev–Trinajstić information content (AvgIpc) is 2.65. The molecule has 1 aliphatic carbocycles. The van der Waals surface area contributed by atoms with Crippen LogP contribution in [0.1, 0.15) is 29.2 Å². The van der Waals surface area contributed by atoms with Gasteiger partial charge in [-0.25, -0.2) is 0 Å². The first kappa shape index (κ1) is 12.9. The van der Waals surface area contributed by atoms with Gasteiger partial charge in [0.15, 0.2) is 0 Å². The second-order valence-electron chi connectivity index (χ2n) is 5.20. The predicted molar refractivity (Wildman–Crippen MR) is 79.7 cm³/mol. The van der Waals surface area contributed by atoms with Crippen LogP contribution in [-0.4, -0.2) is 5.11 Å². The molecule has 0 aliphatic heterocycles. The molecule has 2 unspecified atom stereocenters. The molecule has 98 valence electrons. The highest BCUT2D eigenvalue weighted by molar-refractivity contribution is 9.10. The third-order valence-electron chi connectivity index (χ3n) is 3.86. The largest absolute Gasteiger partial charge is 0.385 e. The van der Waals surface area contributed by atoms with E-state index in [4.69, 9.17) is 5.73 Å². The van der Waals surface area contributed by atoms with E-state index in [0.717, 1.165) is 21.2 Å². The molecule has 2 nitrogen and oxygen atoms in total. The van der Waals surface area contributed by atoms with Gasteiger partial charge in [-0.15, -0.1) is 0 Å². The van der Waals surface area contributed by atoms with Gasteiger partial charge in [-0.1, -0.05) is 58.4 Å². The van der Waals surface area contributed by atoms with Crippen molar-refractivity contribution in [1.29, 1.82) is 0 Å². The first-order chi connectivity index (χ1) is 9.10. The average molecular weight is 318 g/mol. The minimum atomic E-state index is -0.861. The van der Waals surface area contributed by atoms with Crippen molar-refractivity contribution in [3.05, 3.63) is 69.7 Å².